The highest BCUT2D eigenvalue weighted by Gasteiger charge is 2.52. The Balaban J connectivity index is 1.76. The predicted molar refractivity (Wildman–Crippen MR) is 79.2 cm³/mol. The minimum absolute atomic E-state index is 0.271. The zero-order chi connectivity index (χ0) is 18.3. The molecule has 7 atom stereocenters. The highest BCUT2D eigenvalue weighted by molar-refractivity contribution is 5.51. The van der Waals surface area contributed by atoms with E-state index in [2.05, 4.69) is 0 Å². The van der Waals surface area contributed by atoms with Gasteiger partial charge in [0.1, 0.15) is 24.4 Å². The largest absolute Gasteiger partial charge is 0.394 e. The van der Waals surface area contributed by atoms with Gasteiger partial charge in [-0.3, -0.25) is 4.79 Å². The monoisotopic (exact) mass is 359 g/mol. The number of rotatable bonds is 5. The van der Waals surface area contributed by atoms with Crippen LogP contribution in [-0.2, 0) is 9.53 Å². The number of carbonyl (C=O) groups excluding carboxylic acids is 1. The number of benzene rings is 1. The molecule has 9 heteroatoms. The van der Waals surface area contributed by atoms with Crippen molar-refractivity contribution in [2.75, 3.05) is 6.61 Å². The molecule has 7 nitrogen and oxygen atoms in total. The number of hydrogen-bond acceptors (Lipinski definition) is 6. The Morgan fingerprint density at radius 1 is 1.16 bits per heavy atom. The number of nitrogens with zero attached hydrogens (tertiary/aromatic N) is 1. The third-order valence-corrected chi connectivity index (χ3v) is 4.79. The van der Waals surface area contributed by atoms with Crippen LogP contribution in [0, 0.1) is 11.6 Å². The molecule has 1 aromatic rings. The van der Waals surface area contributed by atoms with Gasteiger partial charge in [-0.2, -0.15) is 0 Å². The Morgan fingerprint density at radius 3 is 2.48 bits per heavy atom. The molecule has 0 radical (unpaired) electrons. The molecule has 1 aromatic carbocycles. The number of ether oxygens (including phenoxy) is 1. The fourth-order valence-corrected chi connectivity index (χ4v) is 3.27. The van der Waals surface area contributed by atoms with Gasteiger partial charge < -0.3 is 30.1 Å². The molecule has 0 aromatic heterocycles. The second-order valence-corrected chi connectivity index (χ2v) is 6.36. The van der Waals surface area contributed by atoms with Crippen molar-refractivity contribution in [3.63, 3.8) is 0 Å². The molecular weight excluding hydrogens is 340 g/mol. The van der Waals surface area contributed by atoms with Crippen LogP contribution in [0.4, 0.5) is 8.78 Å². The van der Waals surface area contributed by atoms with E-state index in [0.717, 1.165) is 17.0 Å². The van der Waals surface area contributed by atoms with E-state index in [1.807, 2.05) is 0 Å². The standard InChI is InChI=1S/C16H19F2NO6/c17-9-2-1-7(3-10(9)18)8-4-11(8)19(6-21)16-15(24)14(23)13(22)12(5-20)25-16/h1-3,6,8,11-16,20,22-24H,4-5H2/t8-,11-,12-,13-,14+,15-,16?/m1/s1. The van der Waals surface area contributed by atoms with Gasteiger partial charge in [0.15, 0.2) is 17.9 Å². The Kier molecular flexibility index (Phi) is 5.03. The van der Waals surface area contributed by atoms with Gasteiger partial charge in [-0.25, -0.2) is 8.78 Å². The molecule has 25 heavy (non-hydrogen) atoms. The Hall–Kier alpha value is -1.65. The highest BCUT2D eigenvalue weighted by Crippen LogP contribution is 2.46. The number of amides is 1. The molecular formula is C16H19F2NO6. The highest BCUT2D eigenvalue weighted by atomic mass is 19.2. The van der Waals surface area contributed by atoms with Crippen LogP contribution < -0.4 is 0 Å². The van der Waals surface area contributed by atoms with E-state index in [1.165, 1.54) is 6.07 Å². The molecule has 138 valence electrons. The van der Waals surface area contributed by atoms with E-state index in [9.17, 15) is 34.0 Å². The molecule has 1 saturated heterocycles. The molecule has 4 N–H and O–H groups in total. The number of aliphatic hydroxyl groups is 4. The summed E-state index contributed by atoms with van der Waals surface area (Å²) in [6.45, 7) is -0.606. The third-order valence-electron chi connectivity index (χ3n) is 4.79. The quantitative estimate of drug-likeness (QED) is 0.506. The summed E-state index contributed by atoms with van der Waals surface area (Å²) in [5, 5.41) is 39.0. The molecule has 2 aliphatic rings. The minimum Gasteiger partial charge on any atom is -0.394 e. The van der Waals surface area contributed by atoms with Crippen molar-refractivity contribution in [2.45, 2.75) is 49.0 Å². The van der Waals surface area contributed by atoms with Gasteiger partial charge in [0.25, 0.3) is 0 Å². The van der Waals surface area contributed by atoms with Gasteiger partial charge in [0.05, 0.1) is 6.61 Å². The summed E-state index contributed by atoms with van der Waals surface area (Å²) in [5.41, 5.74) is 0.500. The molecule has 2 fully saturated rings. The first kappa shape index (κ1) is 18.2. The second kappa shape index (κ2) is 6.93. The summed E-state index contributed by atoms with van der Waals surface area (Å²) in [6, 6.07) is 3.03. The molecule has 1 aliphatic carbocycles. The van der Waals surface area contributed by atoms with E-state index in [-0.39, 0.29) is 5.92 Å². The van der Waals surface area contributed by atoms with E-state index < -0.39 is 54.9 Å². The van der Waals surface area contributed by atoms with Crippen LogP contribution in [0.5, 0.6) is 0 Å². The summed E-state index contributed by atoms with van der Waals surface area (Å²) in [6.07, 6.45) is -6.23. The zero-order valence-corrected chi connectivity index (χ0v) is 13.1. The first-order chi connectivity index (χ1) is 11.9. The zero-order valence-electron chi connectivity index (χ0n) is 13.1. The van der Waals surface area contributed by atoms with Crippen molar-refractivity contribution in [2.24, 2.45) is 0 Å². The van der Waals surface area contributed by atoms with Crippen LogP contribution in [0.25, 0.3) is 0 Å². The maximum absolute atomic E-state index is 13.4. The van der Waals surface area contributed by atoms with Gasteiger partial charge in [0, 0.05) is 12.0 Å². The van der Waals surface area contributed by atoms with Crippen molar-refractivity contribution in [3.8, 4) is 0 Å². The molecule has 0 spiro atoms. The number of carbonyl (C=O) groups is 1. The van der Waals surface area contributed by atoms with E-state index >= 15 is 0 Å². The fourth-order valence-electron chi connectivity index (χ4n) is 3.27. The Labute approximate surface area is 142 Å². The minimum atomic E-state index is -1.60. The van der Waals surface area contributed by atoms with E-state index in [0.29, 0.717) is 18.4 Å². The Morgan fingerprint density at radius 2 is 1.88 bits per heavy atom. The maximum atomic E-state index is 13.4. The van der Waals surface area contributed by atoms with E-state index in [4.69, 9.17) is 4.74 Å². The average Bonchev–Trinajstić information content (AvgIpc) is 3.38. The summed E-state index contributed by atoms with van der Waals surface area (Å²) in [5.74, 6) is -2.23. The van der Waals surface area contributed by atoms with Gasteiger partial charge in [0.2, 0.25) is 6.41 Å². The predicted octanol–water partition coefficient (Wildman–Crippen LogP) is -0.921. The van der Waals surface area contributed by atoms with Crippen LogP contribution in [0.1, 0.15) is 17.9 Å². The topological polar surface area (TPSA) is 110 Å². The van der Waals surface area contributed by atoms with Gasteiger partial charge in [-0.1, -0.05) is 6.07 Å². The third kappa shape index (κ3) is 3.25. The molecule has 1 heterocycles. The second-order valence-electron chi connectivity index (χ2n) is 6.36. The molecule has 3 rings (SSSR count). The maximum Gasteiger partial charge on any atom is 0.212 e. The first-order valence-electron chi connectivity index (χ1n) is 7.87. The van der Waals surface area contributed by atoms with Gasteiger partial charge in [-0.05, 0) is 24.1 Å². The lowest BCUT2D eigenvalue weighted by molar-refractivity contribution is -0.261. The summed E-state index contributed by atoms with van der Waals surface area (Å²) >= 11 is 0. The normalized spacial score (nSPS) is 37.6. The lowest BCUT2D eigenvalue weighted by atomic mass is 9.97. The number of halogens is 2. The van der Waals surface area contributed by atoms with Crippen molar-refractivity contribution < 1.29 is 38.7 Å². The Bertz CT molecular complexity index is 645. The van der Waals surface area contributed by atoms with Crippen LogP contribution in [-0.4, -0.2) is 75.0 Å². The SMILES string of the molecule is O=CN(C1O[C@H](CO)[C@@H](O)[C@H](O)[C@H]1O)[C@@H]1C[C@@H]1c1ccc(F)c(F)c1. The molecule has 1 aliphatic heterocycles. The fraction of sp³-hybridized carbons (Fsp3) is 0.562. The van der Waals surface area contributed by atoms with Crippen molar-refractivity contribution in [3.05, 3.63) is 35.4 Å². The number of aliphatic hydroxyl groups excluding tert-OH is 4. The smallest absolute Gasteiger partial charge is 0.212 e. The van der Waals surface area contributed by atoms with E-state index in [1.54, 1.807) is 0 Å². The average molecular weight is 359 g/mol. The van der Waals surface area contributed by atoms with Crippen molar-refractivity contribution >= 4 is 6.41 Å². The van der Waals surface area contributed by atoms with Gasteiger partial charge >= 0.3 is 0 Å². The summed E-state index contributed by atoms with van der Waals surface area (Å²) < 4.78 is 31.8. The molecule has 0 bridgehead atoms. The van der Waals surface area contributed by atoms with Crippen LogP contribution in [0.2, 0.25) is 0 Å². The first-order valence-corrected chi connectivity index (χ1v) is 7.87. The van der Waals surface area contributed by atoms with Crippen LogP contribution >= 0.6 is 0 Å². The molecule has 1 unspecified atom stereocenters. The van der Waals surface area contributed by atoms with Crippen LogP contribution in [0.3, 0.4) is 0 Å². The summed E-state index contributed by atoms with van der Waals surface area (Å²) in [7, 11) is 0. The lowest BCUT2D eigenvalue weighted by Gasteiger charge is -2.43. The molecule has 1 saturated carbocycles. The van der Waals surface area contributed by atoms with Crippen LogP contribution in [0.15, 0.2) is 18.2 Å². The van der Waals surface area contributed by atoms with Crippen molar-refractivity contribution in [1.82, 2.24) is 4.90 Å². The van der Waals surface area contributed by atoms with Crippen molar-refractivity contribution in [1.29, 1.82) is 0 Å². The lowest BCUT2D eigenvalue weighted by Crippen LogP contribution is -2.63. The molecule has 1 amide bonds. The summed E-state index contributed by atoms with van der Waals surface area (Å²) in [4.78, 5) is 12.6. The number of hydrogen-bond donors (Lipinski definition) is 4. The van der Waals surface area contributed by atoms with Gasteiger partial charge in [-0.15, -0.1) is 0 Å².